The maximum Gasteiger partial charge on any atom is 0.417 e. The molecule has 0 N–H and O–H groups in total. The quantitative estimate of drug-likeness (QED) is 0.697. The molecule has 6 heteroatoms. The molecule has 0 fully saturated rings. The molecule has 26 heavy (non-hydrogen) atoms. The van der Waals surface area contributed by atoms with Crippen LogP contribution in [0.4, 0.5) is 13.2 Å². The molecule has 130 valence electrons. The van der Waals surface area contributed by atoms with E-state index in [4.69, 9.17) is 0 Å². The van der Waals surface area contributed by atoms with Crippen molar-refractivity contribution in [2.24, 2.45) is 0 Å². The molecule has 0 atom stereocenters. The minimum atomic E-state index is -4.50. The molecule has 0 aliphatic heterocycles. The second kappa shape index (κ2) is 6.89. The molecule has 1 aromatic heterocycles. The van der Waals surface area contributed by atoms with Gasteiger partial charge in [-0.15, -0.1) is 0 Å². The van der Waals surface area contributed by atoms with Gasteiger partial charge in [0.15, 0.2) is 0 Å². The van der Waals surface area contributed by atoms with Crippen molar-refractivity contribution in [2.45, 2.75) is 12.7 Å². The average Bonchev–Trinajstić information content (AvgIpc) is 2.63. The van der Waals surface area contributed by atoms with Gasteiger partial charge in [0.05, 0.1) is 23.7 Å². The second-order valence-corrected chi connectivity index (χ2v) is 5.74. The Labute approximate surface area is 147 Å². The Kier molecular flexibility index (Phi) is 4.63. The average molecular weight is 354 g/mol. The zero-order chi connectivity index (χ0) is 18.7. The molecule has 0 unspecified atom stereocenters. The molecule has 2 aromatic carbocycles. The van der Waals surface area contributed by atoms with Crippen molar-refractivity contribution in [3.63, 3.8) is 0 Å². The third-order valence-corrected chi connectivity index (χ3v) is 3.98. The lowest BCUT2D eigenvalue weighted by molar-refractivity contribution is -0.138. The van der Waals surface area contributed by atoms with Gasteiger partial charge in [-0.05, 0) is 28.8 Å². The van der Waals surface area contributed by atoms with E-state index in [0.717, 1.165) is 34.0 Å². The van der Waals surface area contributed by atoms with Gasteiger partial charge in [-0.1, -0.05) is 42.5 Å². The molecule has 0 saturated heterocycles. The van der Waals surface area contributed by atoms with E-state index >= 15 is 0 Å². The van der Waals surface area contributed by atoms with Gasteiger partial charge in [-0.25, -0.2) is 0 Å². The zero-order valence-electron chi connectivity index (χ0n) is 13.5. The van der Waals surface area contributed by atoms with Crippen LogP contribution in [0.3, 0.4) is 0 Å². The third-order valence-electron chi connectivity index (χ3n) is 3.98. The van der Waals surface area contributed by atoms with Crippen molar-refractivity contribution in [3.05, 3.63) is 93.9 Å². The molecule has 0 spiro atoms. The largest absolute Gasteiger partial charge is 0.417 e. The van der Waals surface area contributed by atoms with Crippen LogP contribution in [0.15, 0.2) is 71.7 Å². The van der Waals surface area contributed by atoms with Gasteiger partial charge in [0, 0.05) is 12.3 Å². The molecule has 0 amide bonds. The first-order chi connectivity index (χ1) is 12.4. The normalized spacial score (nSPS) is 11.2. The Hall–Kier alpha value is -3.33. The van der Waals surface area contributed by atoms with E-state index in [1.807, 2.05) is 12.1 Å². The number of alkyl halides is 3. The van der Waals surface area contributed by atoms with Crippen molar-refractivity contribution in [3.8, 4) is 17.2 Å². The van der Waals surface area contributed by atoms with Crippen LogP contribution in [0.5, 0.6) is 0 Å². The van der Waals surface area contributed by atoms with Gasteiger partial charge in [-0.2, -0.15) is 18.4 Å². The summed E-state index contributed by atoms with van der Waals surface area (Å²) in [6, 6.07) is 18.0. The van der Waals surface area contributed by atoms with E-state index in [0.29, 0.717) is 11.1 Å². The fraction of sp³-hybridized carbons (Fsp3) is 0.100. The summed E-state index contributed by atoms with van der Waals surface area (Å²) in [6.07, 6.45) is -3.68. The molecule has 1 heterocycles. The van der Waals surface area contributed by atoms with Gasteiger partial charge in [-0.3, -0.25) is 4.79 Å². The van der Waals surface area contributed by atoms with Crippen LogP contribution in [0.25, 0.3) is 11.1 Å². The molecule has 0 aliphatic rings. The first kappa shape index (κ1) is 17.5. The van der Waals surface area contributed by atoms with Gasteiger partial charge >= 0.3 is 6.18 Å². The Bertz CT molecular complexity index is 1030. The minimum Gasteiger partial charge on any atom is -0.311 e. The Balaban J connectivity index is 1.89. The maximum absolute atomic E-state index is 12.8. The fourth-order valence-electron chi connectivity index (χ4n) is 2.64. The summed E-state index contributed by atoms with van der Waals surface area (Å²) in [5, 5.41) is 9.17. The molecular formula is C20H13F3N2O. The first-order valence-corrected chi connectivity index (χ1v) is 7.74. The number of hydrogen-bond acceptors (Lipinski definition) is 2. The van der Waals surface area contributed by atoms with Gasteiger partial charge in [0.1, 0.15) is 0 Å². The molecule has 0 bridgehead atoms. The molecule has 3 aromatic rings. The van der Waals surface area contributed by atoms with E-state index in [-0.39, 0.29) is 6.54 Å². The SMILES string of the molecule is N#Cc1ccccc1-c1ccc(Cn2cc(C(F)(F)F)ccc2=O)cc1. The van der Waals surface area contributed by atoms with Crippen molar-refractivity contribution >= 4 is 0 Å². The van der Waals surface area contributed by atoms with E-state index in [1.54, 1.807) is 36.4 Å². The predicted octanol–water partition coefficient (Wildman–Crippen LogP) is 4.45. The molecule has 0 saturated carbocycles. The van der Waals surface area contributed by atoms with Crippen LogP contribution in [0, 0.1) is 11.3 Å². The standard InChI is InChI=1S/C20H13F3N2O/c21-20(22,23)17-9-10-19(26)25(13-17)12-14-5-7-15(8-6-14)18-4-2-1-3-16(18)11-24/h1-10,13H,12H2. The van der Waals surface area contributed by atoms with Crippen LogP contribution in [-0.2, 0) is 12.7 Å². The van der Waals surface area contributed by atoms with Crippen LogP contribution in [-0.4, -0.2) is 4.57 Å². The summed E-state index contributed by atoms with van der Waals surface area (Å²) in [5.74, 6) is 0. The van der Waals surface area contributed by atoms with Crippen molar-refractivity contribution in [2.75, 3.05) is 0 Å². The monoisotopic (exact) mass is 354 g/mol. The lowest BCUT2D eigenvalue weighted by atomic mass is 9.99. The first-order valence-electron chi connectivity index (χ1n) is 7.74. The Morgan fingerprint density at radius 3 is 2.31 bits per heavy atom. The number of pyridine rings is 1. The Morgan fingerprint density at radius 1 is 0.962 bits per heavy atom. The zero-order valence-corrected chi connectivity index (χ0v) is 13.5. The lowest BCUT2D eigenvalue weighted by Crippen LogP contribution is -2.21. The molecule has 3 nitrogen and oxygen atoms in total. The summed E-state index contributed by atoms with van der Waals surface area (Å²) in [4.78, 5) is 11.8. The highest BCUT2D eigenvalue weighted by molar-refractivity contribution is 5.70. The summed E-state index contributed by atoms with van der Waals surface area (Å²) < 4.78 is 39.5. The lowest BCUT2D eigenvalue weighted by Gasteiger charge is -2.11. The van der Waals surface area contributed by atoms with Gasteiger partial charge in [0.2, 0.25) is 0 Å². The number of rotatable bonds is 3. The van der Waals surface area contributed by atoms with E-state index in [1.165, 1.54) is 0 Å². The van der Waals surface area contributed by atoms with Crippen LogP contribution < -0.4 is 5.56 Å². The summed E-state index contributed by atoms with van der Waals surface area (Å²) in [6.45, 7) is 0.0307. The second-order valence-electron chi connectivity index (χ2n) is 5.74. The van der Waals surface area contributed by atoms with Crippen molar-refractivity contribution < 1.29 is 13.2 Å². The minimum absolute atomic E-state index is 0.0307. The van der Waals surface area contributed by atoms with E-state index in [9.17, 15) is 23.2 Å². The van der Waals surface area contributed by atoms with E-state index in [2.05, 4.69) is 6.07 Å². The van der Waals surface area contributed by atoms with Crippen molar-refractivity contribution in [1.29, 1.82) is 5.26 Å². The highest BCUT2D eigenvalue weighted by atomic mass is 19.4. The highest BCUT2D eigenvalue weighted by Gasteiger charge is 2.31. The summed E-state index contributed by atoms with van der Waals surface area (Å²) in [7, 11) is 0. The van der Waals surface area contributed by atoms with Crippen LogP contribution >= 0.6 is 0 Å². The van der Waals surface area contributed by atoms with Crippen LogP contribution in [0.1, 0.15) is 16.7 Å². The summed E-state index contributed by atoms with van der Waals surface area (Å²) >= 11 is 0. The number of halogens is 3. The van der Waals surface area contributed by atoms with Crippen molar-refractivity contribution in [1.82, 2.24) is 4.57 Å². The van der Waals surface area contributed by atoms with Crippen LogP contribution in [0.2, 0.25) is 0 Å². The maximum atomic E-state index is 12.8. The predicted molar refractivity (Wildman–Crippen MR) is 91.4 cm³/mol. The number of hydrogen-bond donors (Lipinski definition) is 0. The molecule has 3 rings (SSSR count). The molecule has 0 aliphatic carbocycles. The number of nitriles is 1. The fourth-order valence-corrected chi connectivity index (χ4v) is 2.64. The Morgan fingerprint density at radius 2 is 1.65 bits per heavy atom. The van der Waals surface area contributed by atoms with E-state index < -0.39 is 17.3 Å². The van der Waals surface area contributed by atoms with Gasteiger partial charge < -0.3 is 4.57 Å². The summed E-state index contributed by atoms with van der Waals surface area (Å²) in [5.41, 5.74) is 1.45. The molecular weight excluding hydrogens is 341 g/mol. The topological polar surface area (TPSA) is 45.8 Å². The van der Waals surface area contributed by atoms with Gasteiger partial charge in [0.25, 0.3) is 5.56 Å². The molecule has 0 radical (unpaired) electrons. The smallest absolute Gasteiger partial charge is 0.311 e. The third kappa shape index (κ3) is 3.67. The highest BCUT2D eigenvalue weighted by Crippen LogP contribution is 2.28. The number of nitrogens with zero attached hydrogens (tertiary/aromatic N) is 2. The number of aromatic nitrogens is 1. The number of benzene rings is 2.